The molecule has 3 heteroatoms. The number of nitrogens with one attached hydrogen (secondary N) is 1. The number of hydrogen-bond donors (Lipinski definition) is 1. The second kappa shape index (κ2) is 3.62. The van der Waals surface area contributed by atoms with E-state index in [-0.39, 0.29) is 5.54 Å². The standard InChI is InChI=1S/C14H20N2O/c1-10(2)9-14-6-3-12(17)16(14)8-5-11-4-7-15-13(11)14/h4,7,10,15H,3,5-6,8-9H2,1-2H3/t14-/m0/s1. The van der Waals surface area contributed by atoms with Gasteiger partial charge in [0.05, 0.1) is 5.54 Å². The lowest BCUT2D eigenvalue weighted by atomic mass is 9.79. The Morgan fingerprint density at radius 3 is 3.06 bits per heavy atom. The number of rotatable bonds is 2. The van der Waals surface area contributed by atoms with E-state index in [1.54, 1.807) is 0 Å². The maximum absolute atomic E-state index is 12.0. The number of aromatic nitrogens is 1. The zero-order valence-corrected chi connectivity index (χ0v) is 10.6. The molecule has 0 unspecified atom stereocenters. The first kappa shape index (κ1) is 10.9. The van der Waals surface area contributed by atoms with Gasteiger partial charge in [0.25, 0.3) is 0 Å². The normalized spacial score (nSPS) is 27.5. The Bertz CT molecular complexity index is 449. The Labute approximate surface area is 102 Å². The van der Waals surface area contributed by atoms with Crippen molar-refractivity contribution in [1.29, 1.82) is 0 Å². The van der Waals surface area contributed by atoms with Gasteiger partial charge in [0.2, 0.25) is 5.91 Å². The molecule has 0 saturated carbocycles. The summed E-state index contributed by atoms with van der Waals surface area (Å²) in [4.78, 5) is 17.6. The Hall–Kier alpha value is -1.25. The van der Waals surface area contributed by atoms with E-state index in [9.17, 15) is 4.79 Å². The average Bonchev–Trinajstić information content (AvgIpc) is 2.83. The van der Waals surface area contributed by atoms with E-state index >= 15 is 0 Å². The highest BCUT2D eigenvalue weighted by Crippen LogP contribution is 2.47. The molecule has 1 aromatic heterocycles. The monoisotopic (exact) mass is 232 g/mol. The Morgan fingerprint density at radius 2 is 2.29 bits per heavy atom. The molecule has 1 aromatic rings. The first-order chi connectivity index (χ1) is 8.13. The van der Waals surface area contributed by atoms with Gasteiger partial charge in [-0.1, -0.05) is 13.8 Å². The molecule has 2 aliphatic rings. The SMILES string of the molecule is CC(C)C[C@]12CCC(=O)N1CCc1cc[nH]c12. The fourth-order valence-electron chi connectivity index (χ4n) is 3.69. The zero-order chi connectivity index (χ0) is 12.0. The van der Waals surface area contributed by atoms with Gasteiger partial charge in [-0.3, -0.25) is 4.79 Å². The molecule has 1 saturated heterocycles. The van der Waals surface area contributed by atoms with E-state index in [4.69, 9.17) is 0 Å². The topological polar surface area (TPSA) is 36.1 Å². The summed E-state index contributed by atoms with van der Waals surface area (Å²) in [6.07, 6.45) is 5.80. The molecular weight excluding hydrogens is 212 g/mol. The highest BCUT2D eigenvalue weighted by Gasteiger charge is 2.50. The van der Waals surface area contributed by atoms with Crippen molar-refractivity contribution in [1.82, 2.24) is 9.88 Å². The van der Waals surface area contributed by atoms with Gasteiger partial charge in [0, 0.05) is 24.9 Å². The van der Waals surface area contributed by atoms with Crippen molar-refractivity contribution in [3.05, 3.63) is 23.5 Å². The van der Waals surface area contributed by atoms with Gasteiger partial charge in [-0.15, -0.1) is 0 Å². The summed E-state index contributed by atoms with van der Waals surface area (Å²) in [7, 11) is 0. The number of amides is 1. The van der Waals surface area contributed by atoms with Crippen LogP contribution in [-0.2, 0) is 16.8 Å². The third-order valence-corrected chi connectivity index (χ3v) is 4.22. The van der Waals surface area contributed by atoms with Gasteiger partial charge in [0.1, 0.15) is 0 Å². The Balaban J connectivity index is 2.09. The molecule has 3 heterocycles. The highest BCUT2D eigenvalue weighted by molar-refractivity contribution is 5.80. The third kappa shape index (κ3) is 1.44. The van der Waals surface area contributed by atoms with Crippen molar-refractivity contribution < 1.29 is 4.79 Å². The van der Waals surface area contributed by atoms with Crippen LogP contribution in [-0.4, -0.2) is 22.3 Å². The summed E-state index contributed by atoms with van der Waals surface area (Å²) in [5.74, 6) is 0.948. The Kier molecular flexibility index (Phi) is 2.32. The summed E-state index contributed by atoms with van der Waals surface area (Å²) in [6, 6.07) is 2.18. The van der Waals surface area contributed by atoms with E-state index in [2.05, 4.69) is 29.8 Å². The van der Waals surface area contributed by atoms with Crippen LogP contribution in [0.2, 0.25) is 0 Å². The van der Waals surface area contributed by atoms with Gasteiger partial charge in [0.15, 0.2) is 0 Å². The molecule has 3 rings (SSSR count). The van der Waals surface area contributed by atoms with Gasteiger partial charge in [-0.05, 0) is 36.8 Å². The van der Waals surface area contributed by atoms with Gasteiger partial charge in [-0.2, -0.15) is 0 Å². The minimum absolute atomic E-state index is 0.0255. The summed E-state index contributed by atoms with van der Waals surface area (Å²) in [5, 5.41) is 0. The van der Waals surface area contributed by atoms with Crippen LogP contribution in [0.3, 0.4) is 0 Å². The van der Waals surface area contributed by atoms with Gasteiger partial charge >= 0.3 is 0 Å². The first-order valence-electron chi connectivity index (χ1n) is 6.61. The number of H-pyrrole nitrogens is 1. The van der Waals surface area contributed by atoms with Crippen LogP contribution >= 0.6 is 0 Å². The maximum Gasteiger partial charge on any atom is 0.223 e. The summed E-state index contributed by atoms with van der Waals surface area (Å²) in [5.41, 5.74) is 2.70. The predicted molar refractivity (Wildman–Crippen MR) is 66.6 cm³/mol. The lowest BCUT2D eigenvalue weighted by molar-refractivity contribution is -0.132. The number of nitrogens with zero attached hydrogens (tertiary/aromatic N) is 1. The zero-order valence-electron chi connectivity index (χ0n) is 10.6. The summed E-state index contributed by atoms with van der Waals surface area (Å²) >= 11 is 0. The number of carbonyl (C=O) groups is 1. The molecule has 0 spiro atoms. The number of aromatic amines is 1. The third-order valence-electron chi connectivity index (χ3n) is 4.22. The molecule has 0 bridgehead atoms. The minimum atomic E-state index is -0.0255. The quantitative estimate of drug-likeness (QED) is 0.835. The van der Waals surface area contributed by atoms with Crippen molar-refractivity contribution in [2.75, 3.05) is 6.54 Å². The van der Waals surface area contributed by atoms with E-state index in [1.165, 1.54) is 11.3 Å². The van der Waals surface area contributed by atoms with Crippen molar-refractivity contribution in [3.63, 3.8) is 0 Å². The molecule has 0 aromatic carbocycles. The van der Waals surface area contributed by atoms with Crippen LogP contribution in [0.25, 0.3) is 0 Å². The predicted octanol–water partition coefficient (Wildman–Crippen LogP) is 2.43. The molecule has 1 amide bonds. The van der Waals surface area contributed by atoms with Crippen LogP contribution in [0, 0.1) is 5.92 Å². The van der Waals surface area contributed by atoms with Crippen LogP contribution < -0.4 is 0 Å². The lowest BCUT2D eigenvalue weighted by Crippen LogP contribution is -2.48. The highest BCUT2D eigenvalue weighted by atomic mass is 16.2. The van der Waals surface area contributed by atoms with Crippen LogP contribution in [0.5, 0.6) is 0 Å². The van der Waals surface area contributed by atoms with Crippen molar-refractivity contribution in [2.24, 2.45) is 5.92 Å². The van der Waals surface area contributed by atoms with Crippen molar-refractivity contribution in [3.8, 4) is 0 Å². The fraction of sp³-hybridized carbons (Fsp3) is 0.643. The number of hydrogen-bond acceptors (Lipinski definition) is 1. The molecule has 1 fully saturated rings. The number of fused-ring (bicyclic) bond motifs is 3. The summed E-state index contributed by atoms with van der Waals surface area (Å²) < 4.78 is 0. The Morgan fingerprint density at radius 1 is 1.47 bits per heavy atom. The summed E-state index contributed by atoms with van der Waals surface area (Å²) in [6.45, 7) is 5.39. The molecule has 0 radical (unpaired) electrons. The lowest BCUT2D eigenvalue weighted by Gasteiger charge is -2.43. The molecule has 17 heavy (non-hydrogen) atoms. The number of carbonyl (C=O) groups excluding carboxylic acids is 1. The second-order valence-corrected chi connectivity index (χ2v) is 5.80. The van der Waals surface area contributed by atoms with Crippen molar-refractivity contribution >= 4 is 5.91 Å². The van der Waals surface area contributed by atoms with E-state index in [1.807, 2.05) is 6.20 Å². The van der Waals surface area contributed by atoms with Gasteiger partial charge in [-0.25, -0.2) is 0 Å². The van der Waals surface area contributed by atoms with E-state index < -0.39 is 0 Å². The maximum atomic E-state index is 12.0. The largest absolute Gasteiger partial charge is 0.363 e. The fourth-order valence-corrected chi connectivity index (χ4v) is 3.69. The van der Waals surface area contributed by atoms with E-state index in [0.29, 0.717) is 18.2 Å². The molecule has 92 valence electrons. The van der Waals surface area contributed by atoms with Gasteiger partial charge < -0.3 is 9.88 Å². The van der Waals surface area contributed by atoms with E-state index in [0.717, 1.165) is 25.8 Å². The van der Waals surface area contributed by atoms with Crippen molar-refractivity contribution in [2.45, 2.75) is 45.1 Å². The molecule has 1 atom stereocenters. The van der Waals surface area contributed by atoms with Crippen LogP contribution in [0.4, 0.5) is 0 Å². The molecule has 2 aliphatic heterocycles. The average molecular weight is 232 g/mol. The smallest absolute Gasteiger partial charge is 0.223 e. The second-order valence-electron chi connectivity index (χ2n) is 5.80. The molecule has 1 N–H and O–H groups in total. The molecule has 0 aliphatic carbocycles. The molecular formula is C14H20N2O. The van der Waals surface area contributed by atoms with Crippen LogP contribution in [0.1, 0.15) is 44.4 Å². The minimum Gasteiger partial charge on any atom is -0.363 e. The van der Waals surface area contributed by atoms with Crippen LogP contribution in [0.15, 0.2) is 12.3 Å². The molecule has 3 nitrogen and oxygen atoms in total. The first-order valence-corrected chi connectivity index (χ1v) is 6.61.